The van der Waals surface area contributed by atoms with Crippen molar-refractivity contribution in [2.75, 3.05) is 5.32 Å². The molecular formula is C12H16N4. The van der Waals surface area contributed by atoms with Crippen LogP contribution in [0.15, 0.2) is 31.2 Å². The van der Waals surface area contributed by atoms with Crippen molar-refractivity contribution < 1.29 is 0 Å². The number of hydrogen-bond acceptors (Lipinski definition) is 3. The Morgan fingerprint density at radius 1 is 1.56 bits per heavy atom. The Kier molecular flexibility index (Phi) is 2.90. The second-order valence-corrected chi connectivity index (χ2v) is 3.95. The summed E-state index contributed by atoms with van der Waals surface area (Å²) in [5.74, 6) is 0.840. The fraction of sp³-hybridized carbons (Fsp3) is 0.333. The van der Waals surface area contributed by atoms with E-state index < -0.39 is 0 Å². The summed E-state index contributed by atoms with van der Waals surface area (Å²) in [5.41, 5.74) is 2.00. The molecule has 0 spiro atoms. The van der Waals surface area contributed by atoms with Gasteiger partial charge in [-0.25, -0.2) is 9.97 Å². The quantitative estimate of drug-likeness (QED) is 0.798. The Hall–Kier alpha value is -1.84. The molecule has 0 aliphatic rings. The first kappa shape index (κ1) is 10.7. The SMILES string of the molecule is C=CCC(C)Nc1nccc2c1ncn2C. The van der Waals surface area contributed by atoms with Crippen LogP contribution in [0.3, 0.4) is 0 Å². The van der Waals surface area contributed by atoms with Gasteiger partial charge < -0.3 is 9.88 Å². The summed E-state index contributed by atoms with van der Waals surface area (Å²) in [5, 5.41) is 3.34. The van der Waals surface area contributed by atoms with Crippen LogP contribution in [0.4, 0.5) is 5.82 Å². The molecule has 0 saturated carbocycles. The highest BCUT2D eigenvalue weighted by Crippen LogP contribution is 2.19. The highest BCUT2D eigenvalue weighted by atomic mass is 15.1. The number of fused-ring (bicyclic) bond motifs is 1. The van der Waals surface area contributed by atoms with Crippen LogP contribution in [0, 0.1) is 0 Å². The molecule has 1 N–H and O–H groups in total. The van der Waals surface area contributed by atoms with E-state index in [0.717, 1.165) is 23.3 Å². The largest absolute Gasteiger partial charge is 0.365 e. The molecule has 0 bridgehead atoms. The van der Waals surface area contributed by atoms with Gasteiger partial charge in [0.1, 0.15) is 5.52 Å². The van der Waals surface area contributed by atoms with Gasteiger partial charge in [-0.15, -0.1) is 6.58 Å². The zero-order chi connectivity index (χ0) is 11.5. The molecule has 84 valence electrons. The Balaban J connectivity index is 2.33. The average molecular weight is 216 g/mol. The topological polar surface area (TPSA) is 42.7 Å². The summed E-state index contributed by atoms with van der Waals surface area (Å²) in [4.78, 5) is 8.66. The summed E-state index contributed by atoms with van der Waals surface area (Å²) < 4.78 is 1.99. The average Bonchev–Trinajstić information content (AvgIpc) is 2.62. The molecule has 0 aliphatic carbocycles. The third kappa shape index (κ3) is 1.91. The van der Waals surface area contributed by atoms with E-state index in [1.165, 1.54) is 0 Å². The summed E-state index contributed by atoms with van der Waals surface area (Å²) >= 11 is 0. The first-order chi connectivity index (χ1) is 7.72. The van der Waals surface area contributed by atoms with Crippen molar-refractivity contribution in [1.29, 1.82) is 0 Å². The molecule has 1 atom stereocenters. The number of aryl methyl sites for hydroxylation is 1. The van der Waals surface area contributed by atoms with Gasteiger partial charge in [-0.1, -0.05) is 6.08 Å². The van der Waals surface area contributed by atoms with Crippen LogP contribution >= 0.6 is 0 Å². The molecule has 2 aromatic heterocycles. The van der Waals surface area contributed by atoms with E-state index in [9.17, 15) is 0 Å². The summed E-state index contributed by atoms with van der Waals surface area (Å²) in [6, 6.07) is 2.28. The third-order valence-corrected chi connectivity index (χ3v) is 2.55. The Morgan fingerprint density at radius 3 is 3.12 bits per heavy atom. The smallest absolute Gasteiger partial charge is 0.154 e. The van der Waals surface area contributed by atoms with Crippen LogP contribution in [-0.2, 0) is 7.05 Å². The van der Waals surface area contributed by atoms with Crippen molar-refractivity contribution >= 4 is 16.9 Å². The van der Waals surface area contributed by atoms with Crippen molar-refractivity contribution in [3.05, 3.63) is 31.2 Å². The minimum atomic E-state index is 0.317. The number of pyridine rings is 1. The van der Waals surface area contributed by atoms with Crippen molar-refractivity contribution in [2.45, 2.75) is 19.4 Å². The maximum Gasteiger partial charge on any atom is 0.154 e. The Morgan fingerprint density at radius 2 is 2.38 bits per heavy atom. The Bertz CT molecular complexity index is 501. The molecule has 0 aromatic carbocycles. The molecule has 4 nitrogen and oxygen atoms in total. The van der Waals surface area contributed by atoms with Crippen LogP contribution < -0.4 is 5.32 Å². The monoisotopic (exact) mass is 216 g/mol. The lowest BCUT2D eigenvalue weighted by Crippen LogP contribution is -2.15. The molecule has 0 aliphatic heterocycles. The summed E-state index contributed by atoms with van der Waals surface area (Å²) in [6.07, 6.45) is 6.41. The molecule has 1 unspecified atom stereocenters. The van der Waals surface area contributed by atoms with Crippen molar-refractivity contribution in [2.24, 2.45) is 7.05 Å². The van der Waals surface area contributed by atoms with Gasteiger partial charge in [0.2, 0.25) is 0 Å². The molecule has 0 radical (unpaired) electrons. The maximum atomic E-state index is 4.34. The Labute approximate surface area is 95.0 Å². The highest BCUT2D eigenvalue weighted by molar-refractivity contribution is 5.85. The number of rotatable bonds is 4. The summed E-state index contributed by atoms with van der Waals surface area (Å²) in [7, 11) is 1.98. The van der Waals surface area contributed by atoms with Gasteiger partial charge in [0, 0.05) is 19.3 Å². The second-order valence-electron chi connectivity index (χ2n) is 3.95. The van der Waals surface area contributed by atoms with Gasteiger partial charge in [0.05, 0.1) is 11.8 Å². The number of aromatic nitrogens is 3. The number of imidazole rings is 1. The molecule has 4 heteroatoms. The lowest BCUT2D eigenvalue weighted by Gasteiger charge is -2.12. The van der Waals surface area contributed by atoms with Gasteiger partial charge in [-0.2, -0.15) is 0 Å². The van der Waals surface area contributed by atoms with E-state index in [-0.39, 0.29) is 0 Å². The van der Waals surface area contributed by atoms with E-state index in [4.69, 9.17) is 0 Å². The predicted molar refractivity (Wildman–Crippen MR) is 66.4 cm³/mol. The zero-order valence-electron chi connectivity index (χ0n) is 9.64. The van der Waals surface area contributed by atoms with E-state index in [1.54, 1.807) is 12.5 Å². The van der Waals surface area contributed by atoms with Crippen LogP contribution in [0.1, 0.15) is 13.3 Å². The van der Waals surface area contributed by atoms with Gasteiger partial charge >= 0.3 is 0 Å². The number of hydrogen-bond donors (Lipinski definition) is 1. The van der Waals surface area contributed by atoms with Gasteiger partial charge in [0.15, 0.2) is 5.82 Å². The first-order valence-corrected chi connectivity index (χ1v) is 5.36. The van der Waals surface area contributed by atoms with E-state index in [2.05, 4.69) is 28.8 Å². The maximum absolute atomic E-state index is 4.34. The van der Waals surface area contributed by atoms with Gasteiger partial charge in [0.25, 0.3) is 0 Å². The fourth-order valence-electron chi connectivity index (χ4n) is 1.71. The molecule has 0 fully saturated rings. The second kappa shape index (κ2) is 4.35. The van der Waals surface area contributed by atoms with E-state index in [0.29, 0.717) is 6.04 Å². The summed E-state index contributed by atoms with van der Waals surface area (Å²) in [6.45, 7) is 5.83. The van der Waals surface area contributed by atoms with Gasteiger partial charge in [-0.3, -0.25) is 0 Å². The zero-order valence-corrected chi connectivity index (χ0v) is 9.64. The van der Waals surface area contributed by atoms with Crippen molar-refractivity contribution in [3.8, 4) is 0 Å². The first-order valence-electron chi connectivity index (χ1n) is 5.36. The lowest BCUT2D eigenvalue weighted by molar-refractivity contribution is 0.809. The number of anilines is 1. The van der Waals surface area contributed by atoms with Crippen molar-refractivity contribution in [3.63, 3.8) is 0 Å². The van der Waals surface area contributed by atoms with E-state index >= 15 is 0 Å². The van der Waals surface area contributed by atoms with Crippen LogP contribution in [0.2, 0.25) is 0 Å². The number of nitrogens with zero attached hydrogens (tertiary/aromatic N) is 3. The highest BCUT2D eigenvalue weighted by Gasteiger charge is 2.08. The van der Waals surface area contributed by atoms with Crippen LogP contribution in [-0.4, -0.2) is 20.6 Å². The number of nitrogens with one attached hydrogen (secondary N) is 1. The molecule has 0 amide bonds. The molecule has 2 heterocycles. The third-order valence-electron chi connectivity index (χ3n) is 2.55. The normalized spacial score (nSPS) is 12.6. The molecule has 2 rings (SSSR count). The predicted octanol–water partition coefficient (Wildman–Crippen LogP) is 2.34. The minimum Gasteiger partial charge on any atom is -0.365 e. The van der Waals surface area contributed by atoms with E-state index in [1.807, 2.05) is 23.8 Å². The van der Waals surface area contributed by atoms with Crippen LogP contribution in [0.25, 0.3) is 11.0 Å². The molecular weight excluding hydrogens is 200 g/mol. The lowest BCUT2D eigenvalue weighted by atomic mass is 10.2. The molecule has 2 aromatic rings. The minimum absolute atomic E-state index is 0.317. The van der Waals surface area contributed by atoms with Gasteiger partial charge in [-0.05, 0) is 19.4 Å². The fourth-order valence-corrected chi connectivity index (χ4v) is 1.71. The van der Waals surface area contributed by atoms with Crippen molar-refractivity contribution in [1.82, 2.24) is 14.5 Å². The molecule has 16 heavy (non-hydrogen) atoms. The molecule has 0 saturated heterocycles. The van der Waals surface area contributed by atoms with Crippen LogP contribution in [0.5, 0.6) is 0 Å². The standard InChI is InChI=1S/C12H16N4/c1-4-5-9(2)15-12-11-10(6-7-13-12)16(3)8-14-11/h4,6-9H,1,5H2,2-3H3,(H,13,15).